The molecule has 0 aromatic heterocycles. The molecule has 0 bridgehead atoms. The Bertz CT molecular complexity index is 598. The zero-order chi connectivity index (χ0) is 13.1. The number of hydrogen-bond donors (Lipinski definition) is 0. The van der Waals surface area contributed by atoms with Crippen LogP contribution in [0.4, 0.5) is 4.39 Å². The van der Waals surface area contributed by atoms with Crippen LogP contribution in [0.25, 0.3) is 0 Å². The molecule has 18 heavy (non-hydrogen) atoms. The molecule has 0 radical (unpaired) electrons. The minimum atomic E-state index is -0.350. The summed E-state index contributed by atoms with van der Waals surface area (Å²) < 4.78 is 15.2. The van der Waals surface area contributed by atoms with Gasteiger partial charge in [-0.2, -0.15) is 0 Å². The number of carbonyl (C=O) groups is 1. The quantitative estimate of drug-likeness (QED) is 0.525. The van der Waals surface area contributed by atoms with Gasteiger partial charge in [-0.1, -0.05) is 34.1 Å². The van der Waals surface area contributed by atoms with E-state index in [4.69, 9.17) is 0 Å². The first-order valence-electron chi connectivity index (χ1n) is 5.29. The average Bonchev–Trinajstić information content (AvgIpc) is 2.34. The van der Waals surface area contributed by atoms with Gasteiger partial charge in [0.25, 0.3) is 0 Å². The third-order valence-corrected chi connectivity index (χ3v) is 3.97. The van der Waals surface area contributed by atoms with Crippen LogP contribution in [-0.2, 0) is 6.42 Å². The monoisotopic (exact) mass is 418 g/mol. The maximum absolute atomic E-state index is 13.6. The van der Waals surface area contributed by atoms with Crippen molar-refractivity contribution in [3.63, 3.8) is 0 Å². The Morgan fingerprint density at radius 3 is 2.67 bits per heavy atom. The Kier molecular flexibility index (Phi) is 4.50. The van der Waals surface area contributed by atoms with E-state index in [0.29, 0.717) is 11.1 Å². The second-order valence-electron chi connectivity index (χ2n) is 3.82. The van der Waals surface area contributed by atoms with Crippen LogP contribution < -0.4 is 0 Å². The molecule has 0 aliphatic carbocycles. The highest BCUT2D eigenvalue weighted by molar-refractivity contribution is 14.1. The molecule has 0 saturated carbocycles. The van der Waals surface area contributed by atoms with Crippen molar-refractivity contribution >= 4 is 44.3 Å². The van der Waals surface area contributed by atoms with Crippen molar-refractivity contribution in [2.75, 3.05) is 0 Å². The van der Waals surface area contributed by atoms with Crippen LogP contribution in [0.3, 0.4) is 0 Å². The van der Waals surface area contributed by atoms with E-state index < -0.39 is 0 Å². The fourth-order valence-corrected chi connectivity index (χ4v) is 2.73. The SMILES string of the molecule is O=C(Cc1cc(Br)ccc1F)c1ccccc1I. The molecule has 0 fully saturated rings. The van der Waals surface area contributed by atoms with Gasteiger partial charge in [-0.05, 0) is 52.4 Å². The molecule has 0 aliphatic heterocycles. The van der Waals surface area contributed by atoms with Crippen LogP contribution >= 0.6 is 38.5 Å². The van der Waals surface area contributed by atoms with Gasteiger partial charge in [-0.3, -0.25) is 4.79 Å². The first-order valence-corrected chi connectivity index (χ1v) is 7.17. The topological polar surface area (TPSA) is 17.1 Å². The van der Waals surface area contributed by atoms with E-state index in [1.807, 2.05) is 18.2 Å². The van der Waals surface area contributed by atoms with Gasteiger partial charge in [0.1, 0.15) is 5.82 Å². The molecule has 2 aromatic rings. The lowest BCUT2D eigenvalue weighted by Crippen LogP contribution is -2.07. The molecule has 2 rings (SSSR count). The standard InChI is InChI=1S/C14H9BrFIO/c15-10-5-6-12(16)9(7-10)8-14(18)11-3-1-2-4-13(11)17/h1-7H,8H2. The number of halogens is 3. The van der Waals surface area contributed by atoms with Gasteiger partial charge >= 0.3 is 0 Å². The number of carbonyl (C=O) groups excluding carboxylic acids is 1. The van der Waals surface area contributed by atoms with Crippen LogP contribution in [0, 0.1) is 9.39 Å². The van der Waals surface area contributed by atoms with Crippen molar-refractivity contribution in [2.24, 2.45) is 0 Å². The van der Waals surface area contributed by atoms with Gasteiger partial charge in [0.2, 0.25) is 0 Å². The highest BCUT2D eigenvalue weighted by Gasteiger charge is 2.13. The van der Waals surface area contributed by atoms with Crippen LogP contribution in [0.2, 0.25) is 0 Å². The molecule has 0 aliphatic rings. The van der Waals surface area contributed by atoms with Gasteiger partial charge in [0.15, 0.2) is 5.78 Å². The summed E-state index contributed by atoms with van der Waals surface area (Å²) in [5.74, 6) is -0.422. The molecule has 0 spiro atoms. The van der Waals surface area contributed by atoms with Gasteiger partial charge in [0, 0.05) is 20.0 Å². The molecular weight excluding hydrogens is 410 g/mol. The Balaban J connectivity index is 2.27. The molecule has 2 aromatic carbocycles. The van der Waals surface area contributed by atoms with Crippen molar-refractivity contribution in [2.45, 2.75) is 6.42 Å². The van der Waals surface area contributed by atoms with E-state index in [0.717, 1.165) is 8.04 Å². The fourth-order valence-electron chi connectivity index (χ4n) is 1.63. The largest absolute Gasteiger partial charge is 0.294 e. The maximum Gasteiger partial charge on any atom is 0.168 e. The predicted octanol–water partition coefficient (Wildman–Crippen LogP) is 4.62. The highest BCUT2D eigenvalue weighted by Crippen LogP contribution is 2.19. The summed E-state index contributed by atoms with van der Waals surface area (Å²) >= 11 is 5.39. The zero-order valence-electron chi connectivity index (χ0n) is 9.29. The van der Waals surface area contributed by atoms with Crippen LogP contribution in [0.15, 0.2) is 46.9 Å². The molecular formula is C14H9BrFIO. The second kappa shape index (κ2) is 5.93. The van der Waals surface area contributed by atoms with E-state index in [1.54, 1.807) is 18.2 Å². The van der Waals surface area contributed by atoms with Gasteiger partial charge in [0.05, 0.1) is 0 Å². The summed E-state index contributed by atoms with van der Waals surface area (Å²) in [6.07, 6.45) is 0.0747. The zero-order valence-corrected chi connectivity index (χ0v) is 13.0. The number of ketones is 1. The van der Waals surface area contributed by atoms with Crippen molar-refractivity contribution in [1.82, 2.24) is 0 Å². The second-order valence-corrected chi connectivity index (χ2v) is 5.89. The van der Waals surface area contributed by atoms with Crippen LogP contribution in [-0.4, -0.2) is 5.78 Å². The molecule has 92 valence electrons. The summed E-state index contributed by atoms with van der Waals surface area (Å²) in [5.41, 5.74) is 1.05. The summed E-state index contributed by atoms with van der Waals surface area (Å²) in [7, 11) is 0. The van der Waals surface area contributed by atoms with Crippen molar-refractivity contribution in [1.29, 1.82) is 0 Å². The highest BCUT2D eigenvalue weighted by atomic mass is 127. The lowest BCUT2D eigenvalue weighted by molar-refractivity contribution is 0.0991. The number of hydrogen-bond acceptors (Lipinski definition) is 1. The summed E-state index contributed by atoms with van der Waals surface area (Å²) in [6, 6.07) is 11.9. The Morgan fingerprint density at radius 1 is 1.22 bits per heavy atom. The lowest BCUT2D eigenvalue weighted by Gasteiger charge is -2.05. The summed E-state index contributed by atoms with van der Waals surface area (Å²) in [4.78, 5) is 12.1. The lowest BCUT2D eigenvalue weighted by atomic mass is 10.0. The average molecular weight is 419 g/mol. The predicted molar refractivity (Wildman–Crippen MR) is 81.3 cm³/mol. The van der Waals surface area contributed by atoms with E-state index in [1.165, 1.54) is 6.07 Å². The fraction of sp³-hybridized carbons (Fsp3) is 0.0714. The van der Waals surface area contributed by atoms with Crippen LogP contribution in [0.5, 0.6) is 0 Å². The first kappa shape index (κ1) is 13.7. The van der Waals surface area contributed by atoms with E-state index in [9.17, 15) is 9.18 Å². The molecule has 0 amide bonds. The van der Waals surface area contributed by atoms with Gasteiger partial charge in [-0.15, -0.1) is 0 Å². The molecule has 0 unspecified atom stereocenters. The van der Waals surface area contributed by atoms with Crippen molar-refractivity contribution in [3.8, 4) is 0 Å². The molecule has 0 heterocycles. The molecule has 4 heteroatoms. The Labute approximate surface area is 127 Å². The number of rotatable bonds is 3. The normalized spacial score (nSPS) is 10.4. The maximum atomic E-state index is 13.6. The molecule has 0 N–H and O–H groups in total. The number of Topliss-reactive ketones (excluding diaryl/α,β-unsaturated/α-hetero) is 1. The van der Waals surface area contributed by atoms with E-state index in [-0.39, 0.29) is 18.0 Å². The third kappa shape index (κ3) is 3.17. The van der Waals surface area contributed by atoms with Crippen LogP contribution in [0.1, 0.15) is 15.9 Å². The van der Waals surface area contributed by atoms with E-state index >= 15 is 0 Å². The van der Waals surface area contributed by atoms with Crippen molar-refractivity contribution in [3.05, 3.63) is 67.5 Å². The Hall–Kier alpha value is -0.750. The van der Waals surface area contributed by atoms with Gasteiger partial charge in [-0.25, -0.2) is 4.39 Å². The molecule has 0 saturated heterocycles. The summed E-state index contributed by atoms with van der Waals surface area (Å²) in [6.45, 7) is 0. The smallest absolute Gasteiger partial charge is 0.168 e. The van der Waals surface area contributed by atoms with E-state index in [2.05, 4.69) is 38.5 Å². The minimum Gasteiger partial charge on any atom is -0.294 e. The molecule has 1 nitrogen and oxygen atoms in total. The molecule has 0 atom stereocenters. The third-order valence-electron chi connectivity index (χ3n) is 2.53. The minimum absolute atomic E-state index is 0.0722. The Morgan fingerprint density at radius 2 is 1.94 bits per heavy atom. The van der Waals surface area contributed by atoms with Gasteiger partial charge < -0.3 is 0 Å². The van der Waals surface area contributed by atoms with Crippen molar-refractivity contribution < 1.29 is 9.18 Å². The summed E-state index contributed by atoms with van der Waals surface area (Å²) in [5, 5.41) is 0. The number of benzene rings is 2. The first-order chi connectivity index (χ1) is 8.58.